The SMILES string of the molecule is CCOP(=O)(O)c1cc(-c2ccc(C)cc2)ccc1OC. The second-order valence-corrected chi connectivity index (χ2v) is 6.47. The van der Waals surface area contributed by atoms with E-state index in [0.717, 1.165) is 16.7 Å². The lowest BCUT2D eigenvalue weighted by atomic mass is 10.0. The fraction of sp³-hybridized carbons (Fsp3) is 0.250. The van der Waals surface area contributed by atoms with Gasteiger partial charge in [0.1, 0.15) is 11.1 Å². The quantitative estimate of drug-likeness (QED) is 0.859. The Balaban J connectivity index is 2.52. The Hall–Kier alpha value is -1.61. The van der Waals surface area contributed by atoms with Crippen molar-refractivity contribution in [3.63, 3.8) is 0 Å². The van der Waals surface area contributed by atoms with Crippen molar-refractivity contribution in [1.29, 1.82) is 0 Å². The molecule has 2 rings (SSSR count). The van der Waals surface area contributed by atoms with Gasteiger partial charge in [-0.25, -0.2) is 0 Å². The van der Waals surface area contributed by atoms with E-state index in [1.165, 1.54) is 7.11 Å². The van der Waals surface area contributed by atoms with Gasteiger partial charge in [0.25, 0.3) is 0 Å². The summed E-state index contributed by atoms with van der Waals surface area (Å²) in [6.45, 7) is 3.85. The van der Waals surface area contributed by atoms with Crippen molar-refractivity contribution in [3.8, 4) is 16.9 Å². The summed E-state index contributed by atoms with van der Waals surface area (Å²) in [6, 6.07) is 13.2. The maximum absolute atomic E-state index is 12.3. The second kappa shape index (κ2) is 6.44. The van der Waals surface area contributed by atoms with E-state index >= 15 is 0 Å². The Morgan fingerprint density at radius 1 is 1.10 bits per heavy atom. The van der Waals surface area contributed by atoms with Crippen molar-refractivity contribution in [2.45, 2.75) is 13.8 Å². The fourth-order valence-electron chi connectivity index (χ4n) is 2.08. The molecule has 0 radical (unpaired) electrons. The largest absolute Gasteiger partial charge is 0.496 e. The highest BCUT2D eigenvalue weighted by atomic mass is 31.2. The van der Waals surface area contributed by atoms with Crippen molar-refractivity contribution in [1.82, 2.24) is 0 Å². The number of methoxy groups -OCH3 is 1. The van der Waals surface area contributed by atoms with Gasteiger partial charge in [-0.05, 0) is 37.1 Å². The Morgan fingerprint density at radius 3 is 2.29 bits per heavy atom. The first-order valence-corrected chi connectivity index (χ1v) is 8.28. The minimum atomic E-state index is -3.88. The van der Waals surface area contributed by atoms with Crippen LogP contribution in [-0.4, -0.2) is 18.6 Å². The normalized spacial score (nSPS) is 13.7. The molecule has 0 amide bonds. The Kier molecular flexibility index (Phi) is 4.84. The average molecular weight is 306 g/mol. The molecule has 0 saturated heterocycles. The van der Waals surface area contributed by atoms with E-state index in [0.29, 0.717) is 5.75 Å². The van der Waals surface area contributed by atoms with Gasteiger partial charge in [-0.15, -0.1) is 0 Å². The van der Waals surface area contributed by atoms with Gasteiger partial charge in [-0.2, -0.15) is 0 Å². The Bertz CT molecular complexity index is 664. The molecule has 2 aromatic rings. The van der Waals surface area contributed by atoms with Crippen molar-refractivity contribution >= 4 is 12.9 Å². The highest BCUT2D eigenvalue weighted by Gasteiger charge is 2.27. The molecular formula is C16H19O4P. The summed E-state index contributed by atoms with van der Waals surface area (Å²) < 4.78 is 22.5. The van der Waals surface area contributed by atoms with Gasteiger partial charge in [0.05, 0.1) is 13.7 Å². The summed E-state index contributed by atoms with van der Waals surface area (Å²) in [6.07, 6.45) is 0. The molecule has 5 heteroatoms. The minimum Gasteiger partial charge on any atom is -0.496 e. The van der Waals surface area contributed by atoms with Crippen LogP contribution in [0, 0.1) is 6.92 Å². The van der Waals surface area contributed by atoms with Crippen LogP contribution in [0.3, 0.4) is 0 Å². The molecule has 21 heavy (non-hydrogen) atoms. The van der Waals surface area contributed by atoms with Crippen LogP contribution in [0.1, 0.15) is 12.5 Å². The van der Waals surface area contributed by atoms with Gasteiger partial charge in [0.15, 0.2) is 0 Å². The van der Waals surface area contributed by atoms with Gasteiger partial charge >= 0.3 is 7.60 Å². The van der Waals surface area contributed by atoms with Crippen LogP contribution in [0.5, 0.6) is 5.75 Å². The van der Waals surface area contributed by atoms with Crippen molar-refractivity contribution < 1.29 is 18.7 Å². The van der Waals surface area contributed by atoms with E-state index in [2.05, 4.69) is 0 Å². The number of rotatable bonds is 5. The highest BCUT2D eigenvalue weighted by Crippen LogP contribution is 2.44. The molecule has 0 heterocycles. The summed E-state index contributed by atoms with van der Waals surface area (Å²) in [5, 5.41) is 0.185. The van der Waals surface area contributed by atoms with Gasteiger partial charge in [0.2, 0.25) is 0 Å². The molecule has 1 atom stereocenters. The molecule has 0 aromatic heterocycles. The molecule has 4 nitrogen and oxygen atoms in total. The molecule has 112 valence electrons. The zero-order valence-corrected chi connectivity index (χ0v) is 13.3. The van der Waals surface area contributed by atoms with Gasteiger partial charge in [0, 0.05) is 0 Å². The van der Waals surface area contributed by atoms with Crippen molar-refractivity contribution in [2.75, 3.05) is 13.7 Å². The average Bonchev–Trinajstić information content (AvgIpc) is 2.47. The molecule has 1 unspecified atom stereocenters. The third-order valence-corrected chi connectivity index (χ3v) is 4.74. The molecule has 1 N–H and O–H groups in total. The number of hydrogen-bond donors (Lipinski definition) is 1. The van der Waals surface area contributed by atoms with Crippen LogP contribution in [0.4, 0.5) is 0 Å². The maximum atomic E-state index is 12.3. The third-order valence-electron chi connectivity index (χ3n) is 3.17. The first-order valence-electron chi connectivity index (χ1n) is 6.71. The summed E-state index contributed by atoms with van der Waals surface area (Å²) in [5.74, 6) is 0.352. The van der Waals surface area contributed by atoms with E-state index < -0.39 is 7.60 Å². The van der Waals surface area contributed by atoms with E-state index in [1.807, 2.05) is 37.3 Å². The van der Waals surface area contributed by atoms with Crippen LogP contribution >= 0.6 is 7.60 Å². The summed E-state index contributed by atoms with van der Waals surface area (Å²) in [4.78, 5) is 10.1. The monoisotopic (exact) mass is 306 g/mol. The Morgan fingerprint density at radius 2 is 1.71 bits per heavy atom. The summed E-state index contributed by atoms with van der Waals surface area (Å²) in [7, 11) is -2.41. The second-order valence-electron chi connectivity index (χ2n) is 4.69. The van der Waals surface area contributed by atoms with Gasteiger partial charge < -0.3 is 14.2 Å². The number of benzene rings is 2. The van der Waals surface area contributed by atoms with Gasteiger partial charge in [-0.1, -0.05) is 35.9 Å². The lowest BCUT2D eigenvalue weighted by Crippen LogP contribution is -2.11. The molecule has 0 aliphatic carbocycles. The molecule has 0 spiro atoms. The van der Waals surface area contributed by atoms with E-state index in [-0.39, 0.29) is 11.9 Å². The molecule has 2 aromatic carbocycles. The first-order chi connectivity index (χ1) is 9.97. The predicted octanol–water partition coefficient (Wildman–Crippen LogP) is 3.52. The molecule has 0 bridgehead atoms. The highest BCUT2D eigenvalue weighted by molar-refractivity contribution is 7.61. The molecular weight excluding hydrogens is 287 g/mol. The lowest BCUT2D eigenvalue weighted by Gasteiger charge is -2.16. The lowest BCUT2D eigenvalue weighted by molar-refractivity contribution is 0.283. The summed E-state index contributed by atoms with van der Waals surface area (Å²) >= 11 is 0. The minimum absolute atomic E-state index is 0.158. The number of hydrogen-bond acceptors (Lipinski definition) is 3. The maximum Gasteiger partial charge on any atom is 0.362 e. The van der Waals surface area contributed by atoms with Crippen LogP contribution in [-0.2, 0) is 9.09 Å². The zero-order valence-electron chi connectivity index (χ0n) is 12.4. The predicted molar refractivity (Wildman–Crippen MR) is 84.3 cm³/mol. The van der Waals surface area contributed by atoms with Crippen LogP contribution in [0.15, 0.2) is 42.5 Å². The Labute approximate surface area is 124 Å². The van der Waals surface area contributed by atoms with Gasteiger partial charge in [-0.3, -0.25) is 4.57 Å². The number of aryl methyl sites for hydroxylation is 1. The third kappa shape index (κ3) is 3.53. The van der Waals surface area contributed by atoms with Crippen molar-refractivity contribution in [2.24, 2.45) is 0 Å². The molecule has 0 saturated carbocycles. The van der Waals surface area contributed by atoms with Crippen LogP contribution < -0.4 is 10.0 Å². The number of ether oxygens (including phenoxy) is 1. The van der Waals surface area contributed by atoms with E-state index in [9.17, 15) is 9.46 Å². The summed E-state index contributed by atoms with van der Waals surface area (Å²) in [5.41, 5.74) is 2.98. The fourth-order valence-corrected chi connectivity index (χ4v) is 3.32. The van der Waals surface area contributed by atoms with Crippen LogP contribution in [0.25, 0.3) is 11.1 Å². The van der Waals surface area contributed by atoms with E-state index in [4.69, 9.17) is 9.26 Å². The molecule has 0 aliphatic rings. The van der Waals surface area contributed by atoms with Crippen LogP contribution in [0.2, 0.25) is 0 Å². The zero-order chi connectivity index (χ0) is 15.5. The first kappa shape index (κ1) is 15.8. The van der Waals surface area contributed by atoms with E-state index in [1.54, 1.807) is 19.1 Å². The molecule has 0 aliphatic heterocycles. The molecule has 0 fully saturated rings. The van der Waals surface area contributed by atoms with Crippen molar-refractivity contribution in [3.05, 3.63) is 48.0 Å². The topological polar surface area (TPSA) is 55.8 Å². The smallest absolute Gasteiger partial charge is 0.362 e. The standard InChI is InChI=1S/C16H19O4P/c1-4-20-21(17,18)16-11-14(9-10-15(16)19-3)13-7-5-12(2)6-8-13/h5-11H,4H2,1-3H3,(H,17,18).